The van der Waals surface area contributed by atoms with Crippen molar-refractivity contribution in [3.05, 3.63) is 0 Å². The van der Waals surface area contributed by atoms with E-state index in [9.17, 15) is 4.79 Å². The SMILES string of the molecule is CC(C)CCCCCCCCCCCCCCCCCNCC(=O)O. The molecule has 0 saturated carbocycles. The number of hydrogen-bond acceptors (Lipinski definition) is 2. The average molecular weight is 356 g/mol. The third kappa shape index (κ3) is 23.4. The molecule has 0 aromatic rings. The minimum absolute atomic E-state index is 0.0954. The minimum Gasteiger partial charge on any atom is -0.480 e. The van der Waals surface area contributed by atoms with E-state index < -0.39 is 5.97 Å². The Hall–Kier alpha value is -0.570. The van der Waals surface area contributed by atoms with Gasteiger partial charge in [-0.3, -0.25) is 4.79 Å². The highest BCUT2D eigenvalue weighted by Crippen LogP contribution is 2.14. The molecule has 2 N–H and O–H groups in total. The maximum atomic E-state index is 10.3. The molecule has 0 aromatic carbocycles. The summed E-state index contributed by atoms with van der Waals surface area (Å²) in [5.74, 6) is 0.113. The molecule has 0 rings (SSSR count). The fourth-order valence-corrected chi connectivity index (χ4v) is 3.30. The first kappa shape index (κ1) is 24.4. The van der Waals surface area contributed by atoms with Crippen molar-refractivity contribution in [1.29, 1.82) is 0 Å². The van der Waals surface area contributed by atoms with Gasteiger partial charge in [0.15, 0.2) is 0 Å². The van der Waals surface area contributed by atoms with Crippen molar-refractivity contribution in [2.45, 2.75) is 117 Å². The van der Waals surface area contributed by atoms with Crippen LogP contribution in [0.2, 0.25) is 0 Å². The molecule has 0 heterocycles. The fraction of sp³-hybridized carbons (Fsp3) is 0.955. The van der Waals surface area contributed by atoms with Crippen molar-refractivity contribution in [3.8, 4) is 0 Å². The van der Waals surface area contributed by atoms with Crippen LogP contribution in [-0.2, 0) is 4.79 Å². The Morgan fingerprint density at radius 1 is 0.680 bits per heavy atom. The zero-order chi connectivity index (χ0) is 18.6. The quantitative estimate of drug-likeness (QED) is 0.243. The second kappa shape index (κ2) is 19.8. The standard InChI is InChI=1S/C22H45NO2/c1-21(2)18-16-14-12-10-8-6-4-3-5-7-9-11-13-15-17-19-23-20-22(24)25/h21,23H,3-20H2,1-2H3,(H,24,25). The topological polar surface area (TPSA) is 49.3 Å². The van der Waals surface area contributed by atoms with Crippen molar-refractivity contribution in [2.24, 2.45) is 5.92 Å². The molecule has 3 heteroatoms. The molecule has 0 bridgehead atoms. The van der Waals surface area contributed by atoms with Crippen LogP contribution in [0.4, 0.5) is 0 Å². The number of carboxylic acids is 1. The van der Waals surface area contributed by atoms with Gasteiger partial charge >= 0.3 is 5.97 Å². The first-order chi connectivity index (χ1) is 12.1. The van der Waals surface area contributed by atoms with Gasteiger partial charge < -0.3 is 10.4 Å². The summed E-state index contributed by atoms with van der Waals surface area (Å²) >= 11 is 0. The summed E-state index contributed by atoms with van der Waals surface area (Å²) < 4.78 is 0. The lowest BCUT2D eigenvalue weighted by atomic mass is 10.0. The Balaban J connectivity index is 2.99. The van der Waals surface area contributed by atoms with Crippen molar-refractivity contribution >= 4 is 5.97 Å². The maximum absolute atomic E-state index is 10.3. The van der Waals surface area contributed by atoms with Crippen LogP contribution in [0.3, 0.4) is 0 Å². The van der Waals surface area contributed by atoms with Gasteiger partial charge in [-0.25, -0.2) is 0 Å². The Morgan fingerprint density at radius 2 is 1.04 bits per heavy atom. The van der Waals surface area contributed by atoms with Crippen molar-refractivity contribution in [1.82, 2.24) is 5.32 Å². The van der Waals surface area contributed by atoms with E-state index >= 15 is 0 Å². The molecule has 150 valence electrons. The van der Waals surface area contributed by atoms with Gasteiger partial charge in [0.1, 0.15) is 0 Å². The van der Waals surface area contributed by atoms with E-state index in [0.29, 0.717) is 0 Å². The van der Waals surface area contributed by atoms with E-state index in [2.05, 4.69) is 19.2 Å². The third-order valence-electron chi connectivity index (χ3n) is 4.91. The molecule has 0 fully saturated rings. The van der Waals surface area contributed by atoms with Crippen LogP contribution >= 0.6 is 0 Å². The highest BCUT2D eigenvalue weighted by atomic mass is 16.4. The molecular weight excluding hydrogens is 310 g/mol. The smallest absolute Gasteiger partial charge is 0.317 e. The first-order valence-electron chi connectivity index (χ1n) is 11.1. The van der Waals surface area contributed by atoms with Gasteiger partial charge in [-0.05, 0) is 18.9 Å². The van der Waals surface area contributed by atoms with Crippen LogP contribution in [0.5, 0.6) is 0 Å². The number of unbranched alkanes of at least 4 members (excludes halogenated alkanes) is 14. The molecule has 0 spiro atoms. The summed E-state index contributed by atoms with van der Waals surface area (Å²) in [6, 6.07) is 0. The fourth-order valence-electron chi connectivity index (χ4n) is 3.30. The number of carboxylic acid groups (broad SMARTS) is 1. The predicted molar refractivity (Wildman–Crippen MR) is 109 cm³/mol. The summed E-state index contributed by atoms with van der Waals surface area (Å²) in [5, 5.41) is 11.4. The summed E-state index contributed by atoms with van der Waals surface area (Å²) in [7, 11) is 0. The lowest BCUT2D eigenvalue weighted by molar-refractivity contribution is -0.135. The maximum Gasteiger partial charge on any atom is 0.317 e. The largest absolute Gasteiger partial charge is 0.480 e. The molecule has 3 nitrogen and oxygen atoms in total. The predicted octanol–water partition coefficient (Wildman–Crippen LogP) is 6.56. The zero-order valence-electron chi connectivity index (χ0n) is 17.2. The van der Waals surface area contributed by atoms with Gasteiger partial charge in [-0.15, -0.1) is 0 Å². The molecule has 0 saturated heterocycles. The molecule has 0 aromatic heterocycles. The number of hydrogen-bond donors (Lipinski definition) is 2. The lowest BCUT2D eigenvalue weighted by Crippen LogP contribution is -2.23. The molecule has 0 radical (unpaired) electrons. The second-order valence-electron chi connectivity index (χ2n) is 8.06. The normalized spacial score (nSPS) is 11.3. The van der Waals surface area contributed by atoms with Gasteiger partial charge in [0.2, 0.25) is 0 Å². The van der Waals surface area contributed by atoms with E-state index in [0.717, 1.165) is 18.9 Å². The van der Waals surface area contributed by atoms with E-state index in [4.69, 9.17) is 5.11 Å². The third-order valence-corrected chi connectivity index (χ3v) is 4.91. The average Bonchev–Trinajstić information content (AvgIpc) is 2.56. The highest BCUT2D eigenvalue weighted by molar-refractivity contribution is 5.68. The molecule has 0 amide bonds. The Bertz CT molecular complexity index is 279. The number of nitrogens with one attached hydrogen (secondary N) is 1. The number of aliphatic carboxylic acids is 1. The monoisotopic (exact) mass is 355 g/mol. The van der Waals surface area contributed by atoms with Gasteiger partial charge in [0.05, 0.1) is 6.54 Å². The second-order valence-corrected chi connectivity index (χ2v) is 8.06. The molecule has 0 aliphatic carbocycles. The van der Waals surface area contributed by atoms with E-state index in [1.807, 2.05) is 0 Å². The summed E-state index contributed by atoms with van der Waals surface area (Å²) in [6.45, 7) is 5.58. The van der Waals surface area contributed by atoms with Crippen LogP contribution in [0.1, 0.15) is 117 Å². The van der Waals surface area contributed by atoms with Crippen LogP contribution in [0.15, 0.2) is 0 Å². The van der Waals surface area contributed by atoms with Crippen molar-refractivity contribution < 1.29 is 9.90 Å². The molecule has 0 unspecified atom stereocenters. The van der Waals surface area contributed by atoms with Gasteiger partial charge in [-0.1, -0.05) is 110 Å². The van der Waals surface area contributed by atoms with Crippen LogP contribution in [0.25, 0.3) is 0 Å². The molecule has 0 aliphatic heterocycles. The van der Waals surface area contributed by atoms with Crippen molar-refractivity contribution in [2.75, 3.05) is 13.1 Å². The highest BCUT2D eigenvalue weighted by Gasteiger charge is 1.97. The van der Waals surface area contributed by atoms with Gasteiger partial charge in [0.25, 0.3) is 0 Å². The number of rotatable bonds is 20. The zero-order valence-corrected chi connectivity index (χ0v) is 17.2. The first-order valence-corrected chi connectivity index (χ1v) is 11.1. The van der Waals surface area contributed by atoms with Crippen molar-refractivity contribution in [3.63, 3.8) is 0 Å². The Labute approximate surface area is 157 Å². The molecule has 0 aliphatic rings. The summed E-state index contributed by atoms with van der Waals surface area (Å²) in [5.41, 5.74) is 0. The van der Waals surface area contributed by atoms with Gasteiger partial charge in [0, 0.05) is 0 Å². The Morgan fingerprint density at radius 3 is 1.40 bits per heavy atom. The lowest BCUT2D eigenvalue weighted by Gasteiger charge is -2.05. The molecule has 0 atom stereocenters. The molecular formula is C22H45NO2. The van der Waals surface area contributed by atoms with Crippen LogP contribution < -0.4 is 5.32 Å². The minimum atomic E-state index is -0.762. The van der Waals surface area contributed by atoms with Crippen LogP contribution in [0, 0.1) is 5.92 Å². The summed E-state index contributed by atoms with van der Waals surface area (Å²) in [6.07, 6.45) is 22.0. The number of carbonyl (C=O) groups is 1. The van der Waals surface area contributed by atoms with Gasteiger partial charge in [-0.2, -0.15) is 0 Å². The van der Waals surface area contributed by atoms with E-state index in [-0.39, 0.29) is 6.54 Å². The van der Waals surface area contributed by atoms with E-state index in [1.165, 1.54) is 96.3 Å². The van der Waals surface area contributed by atoms with Crippen LogP contribution in [-0.4, -0.2) is 24.2 Å². The molecule has 25 heavy (non-hydrogen) atoms. The summed E-state index contributed by atoms with van der Waals surface area (Å²) in [4.78, 5) is 10.3. The van der Waals surface area contributed by atoms with E-state index in [1.54, 1.807) is 0 Å². The Kier molecular flexibility index (Phi) is 19.3.